The first-order valence-corrected chi connectivity index (χ1v) is 9.33. The number of benzene rings is 1. The molecule has 0 spiro atoms. The van der Waals surface area contributed by atoms with Gasteiger partial charge in [-0.2, -0.15) is 0 Å². The number of amides is 1. The summed E-state index contributed by atoms with van der Waals surface area (Å²) in [6.45, 7) is 6.09. The van der Waals surface area contributed by atoms with Crippen molar-refractivity contribution in [2.24, 2.45) is 0 Å². The molecule has 7 heteroatoms. The molecule has 6 nitrogen and oxygen atoms in total. The molecule has 1 aromatic carbocycles. The van der Waals surface area contributed by atoms with E-state index in [9.17, 15) is 14.0 Å². The topological polar surface area (TPSA) is 75.5 Å². The van der Waals surface area contributed by atoms with Gasteiger partial charge in [-0.05, 0) is 62.2 Å². The van der Waals surface area contributed by atoms with Crippen LogP contribution in [0.25, 0.3) is 0 Å². The molecule has 152 valence electrons. The molecule has 0 atom stereocenters. The van der Waals surface area contributed by atoms with Crippen molar-refractivity contribution in [2.75, 3.05) is 6.61 Å². The molecule has 1 amide bonds. The van der Waals surface area contributed by atoms with E-state index < -0.39 is 11.8 Å². The van der Waals surface area contributed by atoms with Gasteiger partial charge in [-0.25, -0.2) is 9.18 Å². The van der Waals surface area contributed by atoms with Crippen molar-refractivity contribution < 1.29 is 23.1 Å². The molecule has 0 aliphatic carbocycles. The second-order valence-corrected chi connectivity index (χ2v) is 6.70. The van der Waals surface area contributed by atoms with E-state index in [1.54, 1.807) is 30.0 Å². The van der Waals surface area contributed by atoms with Crippen LogP contribution in [0.3, 0.4) is 0 Å². The largest absolute Gasteiger partial charge is 0.467 e. The lowest BCUT2D eigenvalue weighted by molar-refractivity contribution is 0.0519. The quantitative estimate of drug-likeness (QED) is 0.599. The third kappa shape index (κ3) is 4.56. The molecule has 0 aliphatic heterocycles. The number of nitrogens with one attached hydrogen (secondary N) is 1. The number of carbonyl (C=O) groups excluding carboxylic acids is 2. The van der Waals surface area contributed by atoms with Crippen LogP contribution >= 0.6 is 0 Å². The zero-order valence-electron chi connectivity index (χ0n) is 16.6. The zero-order chi connectivity index (χ0) is 21.0. The van der Waals surface area contributed by atoms with Crippen LogP contribution in [0, 0.1) is 19.7 Å². The normalized spacial score (nSPS) is 10.8. The molecule has 3 aromatic rings. The molecular formula is C22H23FN2O4. The number of H-pyrrole nitrogens is 1. The maximum atomic E-state index is 13.6. The van der Waals surface area contributed by atoms with Crippen molar-refractivity contribution >= 4 is 11.9 Å². The van der Waals surface area contributed by atoms with Gasteiger partial charge in [-0.1, -0.05) is 6.07 Å². The monoisotopic (exact) mass is 398 g/mol. The Labute approximate surface area is 168 Å². The van der Waals surface area contributed by atoms with E-state index in [2.05, 4.69) is 4.98 Å². The Balaban J connectivity index is 1.93. The lowest BCUT2D eigenvalue weighted by atomic mass is 10.1. The van der Waals surface area contributed by atoms with E-state index in [4.69, 9.17) is 9.15 Å². The number of ether oxygens (including phenoxy) is 1. The van der Waals surface area contributed by atoms with Gasteiger partial charge < -0.3 is 19.0 Å². The Kier molecular flexibility index (Phi) is 6.16. The Hall–Kier alpha value is -3.35. The lowest BCUT2D eigenvalue weighted by Crippen LogP contribution is -2.30. The average molecular weight is 398 g/mol. The highest BCUT2D eigenvalue weighted by Gasteiger charge is 2.24. The van der Waals surface area contributed by atoms with Gasteiger partial charge in [0.1, 0.15) is 17.3 Å². The number of aryl methyl sites for hydroxylation is 1. The van der Waals surface area contributed by atoms with Gasteiger partial charge >= 0.3 is 5.97 Å². The molecule has 0 fully saturated rings. The highest BCUT2D eigenvalue weighted by molar-refractivity contribution is 5.94. The number of hydrogen-bond donors (Lipinski definition) is 1. The van der Waals surface area contributed by atoms with E-state index in [1.165, 1.54) is 24.5 Å². The Morgan fingerprint density at radius 3 is 2.62 bits per heavy atom. The van der Waals surface area contributed by atoms with E-state index in [0.717, 1.165) is 16.8 Å². The summed E-state index contributed by atoms with van der Waals surface area (Å²) in [5.74, 6) is -0.648. The van der Waals surface area contributed by atoms with E-state index >= 15 is 0 Å². The number of hydrogen-bond acceptors (Lipinski definition) is 4. The van der Waals surface area contributed by atoms with Gasteiger partial charge in [0.2, 0.25) is 0 Å². The molecule has 29 heavy (non-hydrogen) atoms. The zero-order valence-corrected chi connectivity index (χ0v) is 16.6. The summed E-state index contributed by atoms with van der Waals surface area (Å²) in [6, 6.07) is 9.08. The predicted octanol–water partition coefficient (Wildman–Crippen LogP) is 4.38. The van der Waals surface area contributed by atoms with Crippen LogP contribution in [0.15, 0.2) is 47.1 Å². The van der Waals surface area contributed by atoms with Crippen LogP contribution in [0.4, 0.5) is 4.39 Å². The van der Waals surface area contributed by atoms with E-state index in [0.29, 0.717) is 11.5 Å². The predicted molar refractivity (Wildman–Crippen MR) is 105 cm³/mol. The number of aromatic amines is 1. The standard InChI is InChI=1S/C22H23FN2O4/c1-4-28-22(27)20-14(2)19(15(3)24-20)13-25(12-18-9-6-10-29-18)21(26)16-7-5-8-17(23)11-16/h5-11,24H,4,12-13H2,1-3H3. The summed E-state index contributed by atoms with van der Waals surface area (Å²) < 4.78 is 24.1. The first kappa shape index (κ1) is 20.4. The maximum Gasteiger partial charge on any atom is 0.355 e. The minimum absolute atomic E-state index is 0.209. The van der Waals surface area contributed by atoms with Gasteiger partial charge in [-0.15, -0.1) is 0 Å². The molecule has 0 unspecified atom stereocenters. The number of rotatable bonds is 7. The SMILES string of the molecule is CCOC(=O)c1[nH]c(C)c(CN(Cc2ccco2)C(=O)c2cccc(F)c2)c1C. The number of esters is 1. The summed E-state index contributed by atoms with van der Waals surface area (Å²) in [6.07, 6.45) is 1.53. The molecule has 2 aromatic heterocycles. The van der Waals surface area contributed by atoms with Gasteiger partial charge in [0, 0.05) is 17.8 Å². The minimum Gasteiger partial charge on any atom is -0.467 e. The Bertz CT molecular complexity index is 1010. The molecule has 1 N–H and O–H groups in total. The molecule has 0 radical (unpaired) electrons. The minimum atomic E-state index is -0.479. The smallest absolute Gasteiger partial charge is 0.355 e. The molecular weight excluding hydrogens is 375 g/mol. The van der Waals surface area contributed by atoms with Crippen molar-refractivity contribution in [2.45, 2.75) is 33.9 Å². The summed E-state index contributed by atoms with van der Waals surface area (Å²) in [4.78, 5) is 29.9. The molecule has 0 aliphatic rings. The molecule has 3 rings (SSSR count). The van der Waals surface area contributed by atoms with Crippen molar-refractivity contribution in [3.8, 4) is 0 Å². The van der Waals surface area contributed by atoms with E-state index in [-0.39, 0.29) is 31.2 Å². The van der Waals surface area contributed by atoms with Crippen molar-refractivity contribution in [1.82, 2.24) is 9.88 Å². The van der Waals surface area contributed by atoms with Crippen molar-refractivity contribution in [3.05, 3.63) is 82.3 Å². The van der Waals surface area contributed by atoms with Gasteiger partial charge in [-0.3, -0.25) is 4.79 Å². The molecule has 0 saturated carbocycles. The highest BCUT2D eigenvalue weighted by atomic mass is 19.1. The highest BCUT2D eigenvalue weighted by Crippen LogP contribution is 2.23. The average Bonchev–Trinajstić information content (AvgIpc) is 3.30. The first-order chi connectivity index (χ1) is 13.9. The lowest BCUT2D eigenvalue weighted by Gasteiger charge is -2.22. The van der Waals surface area contributed by atoms with Crippen LogP contribution in [0.2, 0.25) is 0 Å². The first-order valence-electron chi connectivity index (χ1n) is 9.33. The third-order valence-corrected chi connectivity index (χ3v) is 4.71. The maximum absolute atomic E-state index is 13.6. The summed E-state index contributed by atoms with van der Waals surface area (Å²) in [7, 11) is 0. The molecule has 0 bridgehead atoms. The van der Waals surface area contributed by atoms with Crippen LogP contribution in [-0.2, 0) is 17.8 Å². The second-order valence-electron chi connectivity index (χ2n) is 6.70. The number of aromatic nitrogens is 1. The van der Waals surface area contributed by atoms with Crippen LogP contribution in [0.5, 0.6) is 0 Å². The van der Waals surface area contributed by atoms with Gasteiger partial charge in [0.25, 0.3) is 5.91 Å². The summed E-state index contributed by atoms with van der Waals surface area (Å²) >= 11 is 0. The van der Waals surface area contributed by atoms with Crippen LogP contribution in [-0.4, -0.2) is 28.4 Å². The fourth-order valence-corrected chi connectivity index (χ4v) is 3.22. The fraction of sp³-hybridized carbons (Fsp3) is 0.273. The number of furan rings is 1. The Morgan fingerprint density at radius 2 is 1.97 bits per heavy atom. The van der Waals surface area contributed by atoms with Crippen LogP contribution < -0.4 is 0 Å². The number of carbonyl (C=O) groups is 2. The van der Waals surface area contributed by atoms with Crippen LogP contribution in [0.1, 0.15) is 50.4 Å². The summed E-state index contributed by atoms with van der Waals surface area (Å²) in [5, 5.41) is 0. The number of halogens is 1. The molecule has 0 saturated heterocycles. The fourth-order valence-electron chi connectivity index (χ4n) is 3.22. The number of nitrogens with zero attached hydrogens (tertiary/aromatic N) is 1. The van der Waals surface area contributed by atoms with Crippen molar-refractivity contribution in [3.63, 3.8) is 0 Å². The third-order valence-electron chi connectivity index (χ3n) is 4.71. The van der Waals surface area contributed by atoms with Gasteiger partial charge in [0.15, 0.2) is 0 Å². The summed E-state index contributed by atoms with van der Waals surface area (Å²) in [5.41, 5.74) is 2.91. The second kappa shape index (κ2) is 8.77. The van der Waals surface area contributed by atoms with Crippen molar-refractivity contribution in [1.29, 1.82) is 0 Å². The Morgan fingerprint density at radius 1 is 1.17 bits per heavy atom. The van der Waals surface area contributed by atoms with E-state index in [1.807, 2.05) is 13.8 Å². The van der Waals surface area contributed by atoms with Gasteiger partial charge in [0.05, 0.1) is 19.4 Å². The molecule has 2 heterocycles.